The van der Waals surface area contributed by atoms with E-state index >= 15 is 0 Å². The first-order chi connectivity index (χ1) is 15.9. The predicted molar refractivity (Wildman–Crippen MR) is 132 cm³/mol. The lowest BCUT2D eigenvalue weighted by Gasteiger charge is -2.16. The van der Waals surface area contributed by atoms with Crippen LogP contribution < -0.4 is 15.0 Å². The molecule has 0 radical (unpaired) electrons. The second kappa shape index (κ2) is 9.33. The van der Waals surface area contributed by atoms with Crippen molar-refractivity contribution in [1.82, 2.24) is 0 Å². The number of rotatable bonds is 7. The molecule has 5 heteroatoms. The molecule has 168 valence electrons. The quantitative estimate of drug-likeness (QED) is 0.464. The molecule has 0 saturated heterocycles. The molecule has 1 aliphatic heterocycles. The van der Waals surface area contributed by atoms with Gasteiger partial charge in [-0.3, -0.25) is 9.59 Å². The number of aryl methyl sites for hydroxylation is 1. The summed E-state index contributed by atoms with van der Waals surface area (Å²) < 4.78 is 5.50. The van der Waals surface area contributed by atoms with Crippen LogP contribution in [0.2, 0.25) is 0 Å². The third kappa shape index (κ3) is 4.53. The number of amides is 2. The van der Waals surface area contributed by atoms with Gasteiger partial charge in [-0.25, -0.2) is 4.90 Å². The minimum atomic E-state index is -0.373. The summed E-state index contributed by atoms with van der Waals surface area (Å²) in [6, 6.07) is 22.6. The maximum absolute atomic E-state index is 13.5. The first kappa shape index (κ1) is 22.3. The van der Waals surface area contributed by atoms with Crippen LogP contribution in [0.5, 0.6) is 5.75 Å². The molecule has 1 aliphatic rings. The first-order valence-corrected chi connectivity index (χ1v) is 11.2. The Morgan fingerprint density at radius 1 is 0.848 bits per heavy atom. The van der Waals surface area contributed by atoms with Crippen LogP contribution in [0.1, 0.15) is 43.4 Å². The van der Waals surface area contributed by atoms with E-state index < -0.39 is 0 Å². The largest absolute Gasteiger partial charge is 0.494 e. The highest BCUT2D eigenvalue weighted by Gasteiger charge is 2.40. The Labute approximate surface area is 194 Å². The fourth-order valence-corrected chi connectivity index (χ4v) is 3.82. The van der Waals surface area contributed by atoms with E-state index in [0.29, 0.717) is 35.0 Å². The highest BCUT2D eigenvalue weighted by atomic mass is 16.5. The van der Waals surface area contributed by atoms with Gasteiger partial charge < -0.3 is 10.1 Å². The van der Waals surface area contributed by atoms with Gasteiger partial charge in [0, 0.05) is 5.69 Å². The number of ether oxygens (including phenoxy) is 1. The molecule has 3 aromatic rings. The van der Waals surface area contributed by atoms with Crippen molar-refractivity contribution in [3.63, 3.8) is 0 Å². The number of imide groups is 1. The van der Waals surface area contributed by atoms with Gasteiger partial charge in [0.2, 0.25) is 0 Å². The molecule has 1 N–H and O–H groups in total. The zero-order chi connectivity index (χ0) is 23.5. The molecule has 0 saturated carbocycles. The zero-order valence-corrected chi connectivity index (χ0v) is 19.4. The molecule has 33 heavy (non-hydrogen) atoms. The van der Waals surface area contributed by atoms with Crippen LogP contribution in [0.15, 0.2) is 78.5 Å². The summed E-state index contributed by atoms with van der Waals surface area (Å²) in [6.45, 7) is 8.71. The van der Waals surface area contributed by atoms with Crippen molar-refractivity contribution in [3.8, 4) is 5.75 Å². The highest BCUT2D eigenvalue weighted by Crippen LogP contribution is 2.34. The number of carbonyl (C=O) groups is 2. The van der Waals surface area contributed by atoms with Crippen LogP contribution >= 0.6 is 0 Å². The van der Waals surface area contributed by atoms with Gasteiger partial charge in [-0.2, -0.15) is 0 Å². The highest BCUT2D eigenvalue weighted by molar-refractivity contribution is 6.46. The van der Waals surface area contributed by atoms with E-state index in [2.05, 4.69) is 19.2 Å². The first-order valence-electron chi connectivity index (χ1n) is 11.2. The van der Waals surface area contributed by atoms with Crippen molar-refractivity contribution < 1.29 is 14.3 Å². The Morgan fingerprint density at radius 2 is 1.48 bits per heavy atom. The minimum Gasteiger partial charge on any atom is -0.494 e. The van der Waals surface area contributed by atoms with Gasteiger partial charge in [0.25, 0.3) is 11.8 Å². The molecular weight excluding hydrogens is 412 g/mol. The molecule has 0 unspecified atom stereocenters. The average Bonchev–Trinajstić information content (AvgIpc) is 3.05. The number of hydrogen-bond acceptors (Lipinski definition) is 4. The molecule has 0 aliphatic carbocycles. The molecule has 4 rings (SSSR count). The lowest BCUT2D eigenvalue weighted by Crippen LogP contribution is -2.32. The smallest absolute Gasteiger partial charge is 0.282 e. The van der Waals surface area contributed by atoms with Crippen LogP contribution in [-0.2, 0) is 9.59 Å². The standard InChI is InChI=1S/C28H28N2O3/c1-5-33-24-16-12-22(13-17-24)29-26-25(21-8-6-19(4)7-9-21)27(31)30(28(26)32)23-14-10-20(11-15-23)18(2)3/h6-18,29H,5H2,1-4H3. The van der Waals surface area contributed by atoms with Gasteiger partial charge in [-0.15, -0.1) is 0 Å². The van der Waals surface area contributed by atoms with E-state index in [-0.39, 0.29) is 17.5 Å². The van der Waals surface area contributed by atoms with Crippen molar-refractivity contribution in [2.75, 3.05) is 16.8 Å². The molecule has 0 fully saturated rings. The Hall–Kier alpha value is -3.86. The fraction of sp³-hybridized carbons (Fsp3) is 0.214. The van der Waals surface area contributed by atoms with Crippen molar-refractivity contribution in [2.45, 2.75) is 33.6 Å². The van der Waals surface area contributed by atoms with Crippen LogP contribution in [0.25, 0.3) is 5.57 Å². The average molecular weight is 441 g/mol. The Morgan fingerprint density at radius 3 is 2.06 bits per heavy atom. The third-order valence-electron chi connectivity index (χ3n) is 5.68. The number of hydrogen-bond donors (Lipinski definition) is 1. The third-order valence-corrected chi connectivity index (χ3v) is 5.68. The molecule has 5 nitrogen and oxygen atoms in total. The molecule has 1 heterocycles. The topological polar surface area (TPSA) is 58.6 Å². The SMILES string of the molecule is CCOc1ccc(NC2=C(c3ccc(C)cc3)C(=O)N(c3ccc(C(C)C)cc3)C2=O)cc1. The van der Waals surface area contributed by atoms with Gasteiger partial charge in [-0.05, 0) is 67.3 Å². The van der Waals surface area contributed by atoms with Crippen molar-refractivity contribution in [2.24, 2.45) is 0 Å². The lowest BCUT2D eigenvalue weighted by atomic mass is 10.0. The fourth-order valence-electron chi connectivity index (χ4n) is 3.82. The molecule has 3 aromatic carbocycles. The summed E-state index contributed by atoms with van der Waals surface area (Å²) in [5, 5.41) is 3.19. The number of benzene rings is 3. The van der Waals surface area contributed by atoms with Gasteiger partial charge >= 0.3 is 0 Å². The maximum atomic E-state index is 13.5. The second-order valence-electron chi connectivity index (χ2n) is 8.39. The van der Waals surface area contributed by atoms with Crippen molar-refractivity contribution in [3.05, 3.63) is 95.2 Å². The molecule has 0 spiro atoms. The molecule has 0 aromatic heterocycles. The number of nitrogens with one attached hydrogen (secondary N) is 1. The van der Waals surface area contributed by atoms with Crippen molar-refractivity contribution >= 4 is 28.8 Å². The van der Waals surface area contributed by atoms with E-state index in [9.17, 15) is 9.59 Å². The molecule has 0 bridgehead atoms. The Kier molecular flexibility index (Phi) is 6.31. The molecular formula is C28H28N2O3. The second-order valence-corrected chi connectivity index (χ2v) is 8.39. The van der Waals surface area contributed by atoms with E-state index in [1.165, 1.54) is 4.90 Å². The monoisotopic (exact) mass is 440 g/mol. The predicted octanol–water partition coefficient (Wildman–Crippen LogP) is 5.91. The summed E-state index contributed by atoms with van der Waals surface area (Å²) in [4.78, 5) is 28.3. The Bertz CT molecular complexity index is 1190. The van der Waals surface area contributed by atoms with Gasteiger partial charge in [0.1, 0.15) is 11.4 Å². The summed E-state index contributed by atoms with van der Waals surface area (Å²) in [7, 11) is 0. The van der Waals surface area contributed by atoms with E-state index in [1.807, 2.05) is 86.6 Å². The van der Waals surface area contributed by atoms with Crippen LogP contribution in [0, 0.1) is 6.92 Å². The number of anilines is 2. The van der Waals surface area contributed by atoms with Gasteiger partial charge in [-0.1, -0.05) is 55.8 Å². The number of nitrogens with zero attached hydrogens (tertiary/aromatic N) is 1. The van der Waals surface area contributed by atoms with Gasteiger partial charge in [0.15, 0.2) is 0 Å². The number of carbonyl (C=O) groups excluding carboxylic acids is 2. The maximum Gasteiger partial charge on any atom is 0.282 e. The summed E-state index contributed by atoms with van der Waals surface area (Å²) in [5.41, 5.74) is 4.82. The summed E-state index contributed by atoms with van der Waals surface area (Å²) >= 11 is 0. The van der Waals surface area contributed by atoms with Crippen LogP contribution in [-0.4, -0.2) is 18.4 Å². The van der Waals surface area contributed by atoms with Crippen LogP contribution in [0.4, 0.5) is 11.4 Å². The lowest BCUT2D eigenvalue weighted by molar-refractivity contribution is -0.120. The van der Waals surface area contributed by atoms with E-state index in [4.69, 9.17) is 4.74 Å². The summed E-state index contributed by atoms with van der Waals surface area (Å²) in [6.07, 6.45) is 0. The zero-order valence-electron chi connectivity index (χ0n) is 19.4. The minimum absolute atomic E-state index is 0.265. The van der Waals surface area contributed by atoms with Crippen LogP contribution in [0.3, 0.4) is 0 Å². The Balaban J connectivity index is 1.73. The summed E-state index contributed by atoms with van der Waals surface area (Å²) in [5.74, 6) is 0.398. The molecule has 0 atom stereocenters. The van der Waals surface area contributed by atoms with E-state index in [0.717, 1.165) is 16.9 Å². The van der Waals surface area contributed by atoms with Crippen molar-refractivity contribution in [1.29, 1.82) is 0 Å². The molecule has 2 amide bonds. The van der Waals surface area contributed by atoms with E-state index in [1.54, 1.807) is 0 Å². The van der Waals surface area contributed by atoms with Gasteiger partial charge in [0.05, 0.1) is 17.9 Å². The normalized spacial score (nSPS) is 13.8.